The van der Waals surface area contributed by atoms with Gasteiger partial charge in [-0.05, 0) is 48.4 Å². The van der Waals surface area contributed by atoms with Crippen LogP contribution in [0.4, 0.5) is 0 Å². The molecule has 31 heavy (non-hydrogen) atoms. The van der Waals surface area contributed by atoms with Crippen LogP contribution in [-0.2, 0) is 9.59 Å². The molecule has 2 aromatic rings. The Labute approximate surface area is 190 Å². The molecule has 7 nitrogen and oxygen atoms in total. The summed E-state index contributed by atoms with van der Waals surface area (Å²) >= 11 is 7.33. The first-order valence-corrected chi connectivity index (χ1v) is 11.0. The molecule has 1 aliphatic rings. The summed E-state index contributed by atoms with van der Waals surface area (Å²) in [4.78, 5) is 23.2. The summed E-state index contributed by atoms with van der Waals surface area (Å²) in [5.41, 5.74) is 1.87. The number of halogens is 1. The maximum absolute atomic E-state index is 11.9. The van der Waals surface area contributed by atoms with Gasteiger partial charge < -0.3 is 14.8 Å². The highest BCUT2D eigenvalue weighted by atomic mass is 35.5. The highest BCUT2D eigenvalue weighted by Crippen LogP contribution is 2.39. The predicted molar refractivity (Wildman–Crippen MR) is 122 cm³/mol. The molecule has 3 rings (SSSR count). The SMILES string of the molecule is CC(=O)NC1=NN(C(C)=O)[C@H](c2ccc(OCCCOc3ccc(Cl)c(C)c3)cc2)S1. The first-order chi connectivity index (χ1) is 14.8. The molecule has 1 heterocycles. The predicted octanol–water partition coefficient (Wildman–Crippen LogP) is 4.50. The van der Waals surface area contributed by atoms with E-state index in [1.807, 2.05) is 49.4 Å². The normalized spacial score (nSPS) is 15.4. The quantitative estimate of drug-likeness (QED) is 0.614. The molecule has 0 spiro atoms. The maximum atomic E-state index is 11.9. The smallest absolute Gasteiger partial charge is 0.241 e. The molecule has 164 valence electrons. The van der Waals surface area contributed by atoms with E-state index >= 15 is 0 Å². The monoisotopic (exact) mass is 461 g/mol. The van der Waals surface area contributed by atoms with Crippen molar-refractivity contribution >= 4 is 40.3 Å². The van der Waals surface area contributed by atoms with Crippen LogP contribution in [0.1, 0.15) is 36.8 Å². The number of rotatable bonds is 7. The Morgan fingerprint density at radius 2 is 1.74 bits per heavy atom. The topological polar surface area (TPSA) is 80.2 Å². The number of nitrogens with one attached hydrogen (secondary N) is 1. The number of hydrogen-bond acceptors (Lipinski definition) is 6. The molecule has 0 fully saturated rings. The van der Waals surface area contributed by atoms with Crippen molar-refractivity contribution in [1.29, 1.82) is 0 Å². The molecule has 0 saturated heterocycles. The van der Waals surface area contributed by atoms with E-state index in [-0.39, 0.29) is 17.2 Å². The van der Waals surface area contributed by atoms with E-state index in [4.69, 9.17) is 21.1 Å². The molecule has 9 heteroatoms. The second-order valence-electron chi connectivity index (χ2n) is 6.95. The van der Waals surface area contributed by atoms with Gasteiger partial charge in [0.15, 0.2) is 5.17 Å². The molecule has 1 atom stereocenters. The number of amides is 2. The fourth-order valence-corrected chi connectivity index (χ4v) is 4.11. The first-order valence-electron chi connectivity index (χ1n) is 9.78. The molecule has 0 saturated carbocycles. The summed E-state index contributed by atoms with van der Waals surface area (Å²) in [6, 6.07) is 13.1. The number of hydrogen-bond donors (Lipinski definition) is 1. The van der Waals surface area contributed by atoms with Crippen LogP contribution >= 0.6 is 23.4 Å². The van der Waals surface area contributed by atoms with Crippen LogP contribution in [-0.4, -0.2) is 35.2 Å². The van der Waals surface area contributed by atoms with Gasteiger partial charge in [-0.3, -0.25) is 9.59 Å². The van der Waals surface area contributed by atoms with Crippen molar-refractivity contribution in [2.24, 2.45) is 5.10 Å². The van der Waals surface area contributed by atoms with Crippen LogP contribution in [0, 0.1) is 6.92 Å². The highest BCUT2D eigenvalue weighted by Gasteiger charge is 2.32. The van der Waals surface area contributed by atoms with E-state index in [2.05, 4.69) is 10.4 Å². The molecule has 2 amide bonds. The van der Waals surface area contributed by atoms with E-state index in [1.54, 1.807) is 0 Å². The molecule has 0 radical (unpaired) electrons. The average Bonchev–Trinajstić information content (AvgIpc) is 3.14. The van der Waals surface area contributed by atoms with Gasteiger partial charge in [0, 0.05) is 25.3 Å². The molecule has 1 aliphatic heterocycles. The highest BCUT2D eigenvalue weighted by molar-refractivity contribution is 8.14. The summed E-state index contributed by atoms with van der Waals surface area (Å²) in [6.45, 7) is 5.84. The minimum Gasteiger partial charge on any atom is -0.493 e. The van der Waals surface area contributed by atoms with Crippen molar-refractivity contribution in [3.05, 3.63) is 58.6 Å². The Bertz CT molecular complexity index is 981. The van der Waals surface area contributed by atoms with Crippen LogP contribution in [0.2, 0.25) is 5.02 Å². The first kappa shape index (κ1) is 23.0. The lowest BCUT2D eigenvalue weighted by molar-refractivity contribution is -0.129. The second kappa shape index (κ2) is 10.5. The van der Waals surface area contributed by atoms with Crippen molar-refractivity contribution < 1.29 is 19.1 Å². The van der Waals surface area contributed by atoms with Gasteiger partial charge in [0.25, 0.3) is 0 Å². The van der Waals surface area contributed by atoms with Crippen LogP contribution in [0.3, 0.4) is 0 Å². The van der Waals surface area contributed by atoms with Gasteiger partial charge in [0.2, 0.25) is 11.8 Å². The number of aryl methyl sites for hydroxylation is 1. The number of carbonyl (C=O) groups excluding carboxylic acids is 2. The lowest BCUT2D eigenvalue weighted by atomic mass is 10.2. The number of ether oxygens (including phenoxy) is 2. The van der Waals surface area contributed by atoms with Gasteiger partial charge in [0.1, 0.15) is 16.9 Å². The second-order valence-corrected chi connectivity index (χ2v) is 8.43. The van der Waals surface area contributed by atoms with Gasteiger partial charge in [-0.2, -0.15) is 0 Å². The summed E-state index contributed by atoms with van der Waals surface area (Å²) in [5, 5.41) is 8.99. The van der Waals surface area contributed by atoms with E-state index in [0.717, 1.165) is 34.1 Å². The zero-order chi connectivity index (χ0) is 22.4. The third-order valence-electron chi connectivity index (χ3n) is 4.37. The summed E-state index contributed by atoms with van der Waals surface area (Å²) in [7, 11) is 0. The third kappa shape index (κ3) is 6.38. The van der Waals surface area contributed by atoms with Crippen molar-refractivity contribution in [2.45, 2.75) is 32.6 Å². The van der Waals surface area contributed by atoms with Crippen molar-refractivity contribution in [1.82, 2.24) is 10.3 Å². The Morgan fingerprint density at radius 3 is 2.35 bits per heavy atom. The van der Waals surface area contributed by atoms with Crippen molar-refractivity contribution in [3.63, 3.8) is 0 Å². The summed E-state index contributed by atoms with van der Waals surface area (Å²) < 4.78 is 11.5. The van der Waals surface area contributed by atoms with E-state index in [1.165, 1.54) is 30.6 Å². The molecule has 0 bridgehead atoms. The maximum Gasteiger partial charge on any atom is 0.241 e. The van der Waals surface area contributed by atoms with Crippen LogP contribution in [0.5, 0.6) is 11.5 Å². The Kier molecular flexibility index (Phi) is 7.81. The van der Waals surface area contributed by atoms with E-state index in [9.17, 15) is 9.59 Å². The lowest BCUT2D eigenvalue weighted by Crippen LogP contribution is -2.25. The number of benzene rings is 2. The van der Waals surface area contributed by atoms with E-state index in [0.29, 0.717) is 18.4 Å². The zero-order valence-electron chi connectivity index (χ0n) is 17.6. The molecule has 2 aromatic carbocycles. The minimum absolute atomic E-state index is 0.200. The van der Waals surface area contributed by atoms with Crippen LogP contribution < -0.4 is 14.8 Å². The molecule has 1 N–H and O–H groups in total. The minimum atomic E-state index is -0.329. The number of amidine groups is 1. The van der Waals surface area contributed by atoms with Gasteiger partial charge >= 0.3 is 0 Å². The fourth-order valence-electron chi connectivity index (χ4n) is 2.85. The summed E-state index contributed by atoms with van der Waals surface area (Å²) in [5.74, 6) is 1.09. The number of hydrazone groups is 1. The standard InChI is InChI=1S/C22H24ClN3O4S/c1-14-13-19(9-10-20(14)23)30-12-4-11-29-18-7-5-17(6-8-18)21-26(16(3)28)25-22(31-21)24-15(2)27/h5-10,13,21H,4,11-12H2,1-3H3,(H,24,25,27)/t21-/m0/s1. The van der Waals surface area contributed by atoms with Crippen molar-refractivity contribution in [3.8, 4) is 11.5 Å². The average molecular weight is 462 g/mol. The van der Waals surface area contributed by atoms with Gasteiger partial charge in [-0.25, -0.2) is 5.01 Å². The van der Waals surface area contributed by atoms with Crippen LogP contribution in [0.25, 0.3) is 0 Å². The fraction of sp³-hybridized carbons (Fsp3) is 0.318. The number of thioether (sulfide) groups is 1. The van der Waals surface area contributed by atoms with Gasteiger partial charge in [0.05, 0.1) is 13.2 Å². The Morgan fingerprint density at radius 1 is 1.10 bits per heavy atom. The lowest BCUT2D eigenvalue weighted by Gasteiger charge is -2.19. The van der Waals surface area contributed by atoms with Crippen molar-refractivity contribution in [2.75, 3.05) is 13.2 Å². The largest absolute Gasteiger partial charge is 0.493 e. The molecule has 0 aromatic heterocycles. The number of nitrogens with zero attached hydrogens (tertiary/aromatic N) is 2. The molecular formula is C22H24ClN3O4S. The number of carbonyl (C=O) groups is 2. The molecule has 0 unspecified atom stereocenters. The summed E-state index contributed by atoms with van der Waals surface area (Å²) in [6.07, 6.45) is 0.730. The Balaban J connectivity index is 1.48. The Hall–Kier alpha value is -2.71. The van der Waals surface area contributed by atoms with E-state index < -0.39 is 0 Å². The van der Waals surface area contributed by atoms with Crippen LogP contribution in [0.15, 0.2) is 47.6 Å². The molecular weight excluding hydrogens is 438 g/mol. The van der Waals surface area contributed by atoms with Gasteiger partial charge in [-0.1, -0.05) is 35.5 Å². The van der Waals surface area contributed by atoms with Gasteiger partial charge in [-0.15, -0.1) is 5.10 Å². The molecule has 0 aliphatic carbocycles. The third-order valence-corrected chi connectivity index (χ3v) is 5.90. The zero-order valence-corrected chi connectivity index (χ0v) is 19.1.